The number of benzene rings is 2. The largest absolute Gasteiger partial charge is 0.333 e. The van der Waals surface area contributed by atoms with Crippen LogP contribution in [0.15, 0.2) is 53.4 Å². The molecule has 0 bridgehead atoms. The number of nitrogens with one attached hydrogen (secondary N) is 1. The molecule has 31 heavy (non-hydrogen) atoms. The number of rotatable bonds is 8. The molecule has 0 aliphatic heterocycles. The minimum absolute atomic E-state index is 0.117. The topological polar surface area (TPSA) is 93.5 Å². The molecule has 2 aromatic carbocycles. The standard InChI is InChI=1S/C23H30N4O3S/c1-23(2,3)25-31(29,30)21-12-10-20(11-13-21)22(28)27(15-14-26(4)5)17-19-8-6-18(16-24)7-9-19/h6-13,25H,14-15,17H2,1-5H3. The highest BCUT2D eigenvalue weighted by Gasteiger charge is 2.23. The third-order valence-corrected chi connectivity index (χ3v) is 6.19. The lowest BCUT2D eigenvalue weighted by Crippen LogP contribution is -2.40. The van der Waals surface area contributed by atoms with Gasteiger partial charge in [0.25, 0.3) is 5.91 Å². The third kappa shape index (κ3) is 7.47. The van der Waals surface area contributed by atoms with E-state index < -0.39 is 15.6 Å². The fourth-order valence-corrected chi connectivity index (χ4v) is 4.32. The molecule has 7 nitrogen and oxygen atoms in total. The van der Waals surface area contributed by atoms with Crippen molar-refractivity contribution >= 4 is 15.9 Å². The molecule has 0 heterocycles. The summed E-state index contributed by atoms with van der Waals surface area (Å²) in [5, 5.41) is 8.97. The molecular formula is C23H30N4O3S. The lowest BCUT2D eigenvalue weighted by atomic mass is 10.1. The average Bonchev–Trinajstić information content (AvgIpc) is 2.69. The van der Waals surface area contributed by atoms with E-state index in [1.165, 1.54) is 12.1 Å². The predicted molar refractivity (Wildman–Crippen MR) is 121 cm³/mol. The predicted octanol–water partition coefficient (Wildman–Crippen LogP) is 2.84. The van der Waals surface area contributed by atoms with E-state index in [1.54, 1.807) is 49.9 Å². The summed E-state index contributed by atoms with van der Waals surface area (Å²) < 4.78 is 27.6. The summed E-state index contributed by atoms with van der Waals surface area (Å²) in [4.78, 5) is 17.0. The first-order chi connectivity index (χ1) is 14.4. The molecule has 8 heteroatoms. The number of likely N-dealkylation sites (N-methyl/N-ethyl adjacent to an activating group) is 1. The molecular weight excluding hydrogens is 412 g/mol. The Morgan fingerprint density at radius 3 is 2.06 bits per heavy atom. The number of carbonyl (C=O) groups excluding carboxylic acids is 1. The van der Waals surface area contributed by atoms with Crippen molar-refractivity contribution in [1.29, 1.82) is 5.26 Å². The van der Waals surface area contributed by atoms with Gasteiger partial charge in [-0.25, -0.2) is 13.1 Å². The first kappa shape index (κ1) is 24.5. The Balaban J connectivity index is 2.23. The smallest absolute Gasteiger partial charge is 0.254 e. The fourth-order valence-electron chi connectivity index (χ4n) is 2.90. The lowest BCUT2D eigenvalue weighted by Gasteiger charge is -2.25. The third-order valence-electron chi connectivity index (χ3n) is 4.41. The van der Waals surface area contributed by atoms with Crippen LogP contribution < -0.4 is 4.72 Å². The van der Waals surface area contributed by atoms with E-state index in [-0.39, 0.29) is 10.8 Å². The van der Waals surface area contributed by atoms with Gasteiger partial charge in [-0.1, -0.05) is 12.1 Å². The van der Waals surface area contributed by atoms with Gasteiger partial charge in [-0.3, -0.25) is 4.79 Å². The zero-order valence-electron chi connectivity index (χ0n) is 18.7. The Morgan fingerprint density at radius 2 is 1.58 bits per heavy atom. The van der Waals surface area contributed by atoms with Crippen molar-refractivity contribution in [3.8, 4) is 6.07 Å². The molecule has 0 unspecified atom stereocenters. The van der Waals surface area contributed by atoms with Crippen LogP contribution in [0.4, 0.5) is 0 Å². The van der Waals surface area contributed by atoms with Crippen LogP contribution >= 0.6 is 0 Å². The summed E-state index contributed by atoms with van der Waals surface area (Å²) in [7, 11) is 0.208. The summed E-state index contributed by atoms with van der Waals surface area (Å²) in [5.74, 6) is -0.182. The van der Waals surface area contributed by atoms with Gasteiger partial charge in [0.2, 0.25) is 10.0 Å². The summed E-state index contributed by atoms with van der Waals surface area (Å²) in [6.07, 6.45) is 0. The van der Waals surface area contributed by atoms with E-state index >= 15 is 0 Å². The molecule has 0 radical (unpaired) electrons. The van der Waals surface area contributed by atoms with E-state index in [2.05, 4.69) is 10.8 Å². The van der Waals surface area contributed by atoms with Crippen LogP contribution in [0.2, 0.25) is 0 Å². The summed E-state index contributed by atoms with van der Waals surface area (Å²) in [6.45, 7) is 6.90. The Hall–Kier alpha value is -2.73. The minimum Gasteiger partial charge on any atom is -0.333 e. The van der Waals surface area contributed by atoms with Crippen LogP contribution in [0, 0.1) is 11.3 Å². The molecule has 0 aromatic heterocycles. The summed E-state index contributed by atoms with van der Waals surface area (Å²) in [5.41, 5.74) is 1.30. The highest BCUT2D eigenvalue weighted by atomic mass is 32.2. The van der Waals surface area contributed by atoms with Crippen LogP contribution in [-0.4, -0.2) is 56.8 Å². The first-order valence-corrected chi connectivity index (χ1v) is 11.5. The van der Waals surface area contributed by atoms with Crippen molar-refractivity contribution in [3.63, 3.8) is 0 Å². The van der Waals surface area contributed by atoms with Crippen molar-refractivity contribution in [2.75, 3.05) is 27.2 Å². The minimum atomic E-state index is -3.67. The second-order valence-electron chi connectivity index (χ2n) is 8.72. The maximum absolute atomic E-state index is 13.2. The van der Waals surface area contributed by atoms with Gasteiger partial charge in [0.15, 0.2) is 0 Å². The van der Waals surface area contributed by atoms with Crippen LogP contribution in [-0.2, 0) is 16.6 Å². The molecule has 0 saturated carbocycles. The molecule has 0 aliphatic carbocycles. The van der Waals surface area contributed by atoms with Gasteiger partial charge < -0.3 is 9.80 Å². The van der Waals surface area contributed by atoms with E-state index in [4.69, 9.17) is 5.26 Å². The number of hydrogen-bond donors (Lipinski definition) is 1. The second kappa shape index (κ2) is 10.1. The SMILES string of the molecule is CN(C)CCN(Cc1ccc(C#N)cc1)C(=O)c1ccc(S(=O)(=O)NC(C)(C)C)cc1. The number of nitriles is 1. The van der Waals surface area contributed by atoms with Gasteiger partial charge in [0.1, 0.15) is 0 Å². The molecule has 1 amide bonds. The van der Waals surface area contributed by atoms with Gasteiger partial charge in [0.05, 0.1) is 16.5 Å². The quantitative estimate of drug-likeness (QED) is 0.679. The Labute approximate surface area is 185 Å². The molecule has 2 rings (SSSR count). The molecule has 0 aliphatic rings. The Morgan fingerprint density at radius 1 is 1.00 bits per heavy atom. The van der Waals surface area contributed by atoms with Crippen LogP contribution in [0.5, 0.6) is 0 Å². The zero-order chi connectivity index (χ0) is 23.2. The number of nitrogens with zero attached hydrogens (tertiary/aromatic N) is 3. The average molecular weight is 443 g/mol. The molecule has 2 aromatic rings. The van der Waals surface area contributed by atoms with Crippen molar-refractivity contribution in [2.45, 2.75) is 37.8 Å². The fraction of sp³-hybridized carbons (Fsp3) is 0.391. The van der Waals surface area contributed by atoms with Crippen molar-refractivity contribution in [3.05, 3.63) is 65.2 Å². The monoisotopic (exact) mass is 442 g/mol. The van der Waals surface area contributed by atoms with Crippen molar-refractivity contribution < 1.29 is 13.2 Å². The molecule has 0 fully saturated rings. The van der Waals surface area contributed by atoms with E-state index in [0.717, 1.165) is 5.56 Å². The van der Waals surface area contributed by atoms with Gasteiger partial charge >= 0.3 is 0 Å². The summed E-state index contributed by atoms with van der Waals surface area (Å²) in [6, 6.07) is 15.2. The molecule has 1 N–H and O–H groups in total. The molecule has 0 spiro atoms. The van der Waals surface area contributed by atoms with Gasteiger partial charge in [-0.2, -0.15) is 5.26 Å². The maximum Gasteiger partial charge on any atom is 0.254 e. The number of amides is 1. The number of carbonyl (C=O) groups is 1. The highest BCUT2D eigenvalue weighted by Crippen LogP contribution is 2.16. The van der Waals surface area contributed by atoms with Crippen molar-refractivity contribution in [2.24, 2.45) is 0 Å². The summed E-state index contributed by atoms with van der Waals surface area (Å²) >= 11 is 0. The highest BCUT2D eigenvalue weighted by molar-refractivity contribution is 7.89. The lowest BCUT2D eigenvalue weighted by molar-refractivity contribution is 0.0732. The van der Waals surface area contributed by atoms with Gasteiger partial charge in [-0.05, 0) is 76.8 Å². The van der Waals surface area contributed by atoms with Gasteiger partial charge in [0, 0.05) is 30.7 Å². The van der Waals surface area contributed by atoms with Gasteiger partial charge in [-0.15, -0.1) is 0 Å². The number of sulfonamides is 1. The maximum atomic E-state index is 13.2. The Kier molecular flexibility index (Phi) is 7.96. The molecule has 0 atom stereocenters. The van der Waals surface area contributed by atoms with Crippen LogP contribution in [0.25, 0.3) is 0 Å². The number of hydrogen-bond acceptors (Lipinski definition) is 5. The van der Waals surface area contributed by atoms with E-state index in [9.17, 15) is 13.2 Å². The first-order valence-electron chi connectivity index (χ1n) is 9.98. The second-order valence-corrected chi connectivity index (χ2v) is 10.4. The molecule has 166 valence electrons. The van der Waals surface area contributed by atoms with E-state index in [1.807, 2.05) is 31.1 Å². The normalized spacial score (nSPS) is 11.9. The zero-order valence-corrected chi connectivity index (χ0v) is 19.5. The molecule has 0 saturated heterocycles. The van der Waals surface area contributed by atoms with Crippen LogP contribution in [0.1, 0.15) is 42.3 Å². The van der Waals surface area contributed by atoms with Crippen molar-refractivity contribution in [1.82, 2.24) is 14.5 Å². The van der Waals surface area contributed by atoms with E-state index in [0.29, 0.717) is 30.8 Å². The van der Waals surface area contributed by atoms with Crippen LogP contribution in [0.3, 0.4) is 0 Å². The Bertz CT molecular complexity index is 1030.